The van der Waals surface area contributed by atoms with Crippen LogP contribution in [0.1, 0.15) is 29.7 Å². The lowest BCUT2D eigenvalue weighted by Gasteiger charge is -2.30. The van der Waals surface area contributed by atoms with Crippen LogP contribution in [0.5, 0.6) is 0 Å². The zero-order valence-corrected chi connectivity index (χ0v) is 17.4. The number of hydrogen-bond acceptors (Lipinski definition) is 4. The summed E-state index contributed by atoms with van der Waals surface area (Å²) >= 11 is 0. The van der Waals surface area contributed by atoms with E-state index in [1.165, 1.54) is 12.1 Å². The molecule has 0 radical (unpaired) electrons. The van der Waals surface area contributed by atoms with Crippen LogP contribution in [0, 0.1) is 12.7 Å². The number of anilines is 2. The van der Waals surface area contributed by atoms with Gasteiger partial charge in [-0.1, -0.05) is 24.3 Å². The second-order valence-corrected chi connectivity index (χ2v) is 8.22. The molecule has 1 aromatic heterocycles. The molecule has 6 nitrogen and oxygen atoms in total. The van der Waals surface area contributed by atoms with Gasteiger partial charge in [-0.2, -0.15) is 0 Å². The number of amides is 2. The van der Waals surface area contributed by atoms with Gasteiger partial charge in [-0.05, 0) is 49.6 Å². The van der Waals surface area contributed by atoms with Gasteiger partial charge in [0.1, 0.15) is 11.6 Å². The lowest BCUT2D eigenvalue weighted by Crippen LogP contribution is -2.39. The average molecular weight is 417 g/mol. The van der Waals surface area contributed by atoms with Gasteiger partial charge in [0, 0.05) is 35.8 Å². The first-order valence-corrected chi connectivity index (χ1v) is 10.6. The molecule has 1 saturated carbocycles. The van der Waals surface area contributed by atoms with Crippen molar-refractivity contribution in [3.8, 4) is 11.4 Å². The fraction of sp³-hybridized carbons (Fsp3) is 0.292. The number of aryl methyl sites for hydroxylation is 1. The van der Waals surface area contributed by atoms with Crippen molar-refractivity contribution in [3.05, 3.63) is 71.2 Å². The van der Waals surface area contributed by atoms with Crippen molar-refractivity contribution in [3.63, 3.8) is 0 Å². The highest BCUT2D eigenvalue weighted by atomic mass is 19.1. The normalized spacial score (nSPS) is 15.4. The fourth-order valence-electron chi connectivity index (χ4n) is 3.81. The van der Waals surface area contributed by atoms with Gasteiger partial charge in [-0.3, -0.25) is 0 Å². The summed E-state index contributed by atoms with van der Waals surface area (Å²) in [5.74, 6) is 0.952. The third-order valence-electron chi connectivity index (χ3n) is 5.62. The minimum atomic E-state index is -0.311. The highest BCUT2D eigenvalue weighted by Gasteiger charge is 2.29. The molecule has 0 bridgehead atoms. The van der Waals surface area contributed by atoms with Crippen molar-refractivity contribution >= 4 is 17.5 Å². The lowest BCUT2D eigenvalue weighted by atomic mass is 10.1. The predicted octanol–water partition coefficient (Wildman–Crippen LogP) is 4.76. The van der Waals surface area contributed by atoms with Crippen LogP contribution in [0.2, 0.25) is 0 Å². The number of nitrogens with one attached hydrogen (secondary N) is 2. The topological polar surface area (TPSA) is 70.2 Å². The van der Waals surface area contributed by atoms with Crippen molar-refractivity contribution in [1.82, 2.24) is 14.9 Å². The summed E-state index contributed by atoms with van der Waals surface area (Å²) in [6, 6.07) is 14.4. The lowest BCUT2D eigenvalue weighted by molar-refractivity contribution is 0.206. The molecule has 1 fully saturated rings. The van der Waals surface area contributed by atoms with Crippen LogP contribution in [0.15, 0.2) is 48.5 Å². The van der Waals surface area contributed by atoms with Crippen molar-refractivity contribution < 1.29 is 9.18 Å². The first-order valence-electron chi connectivity index (χ1n) is 10.6. The van der Waals surface area contributed by atoms with Gasteiger partial charge in [-0.25, -0.2) is 19.2 Å². The van der Waals surface area contributed by atoms with Crippen LogP contribution in [0.4, 0.5) is 20.7 Å². The maximum absolute atomic E-state index is 13.7. The summed E-state index contributed by atoms with van der Waals surface area (Å²) in [6.45, 7) is 2.99. The molecule has 2 aromatic carbocycles. The van der Waals surface area contributed by atoms with Crippen molar-refractivity contribution in [2.75, 3.05) is 17.2 Å². The number of urea groups is 1. The Morgan fingerprint density at radius 1 is 1.13 bits per heavy atom. The summed E-state index contributed by atoms with van der Waals surface area (Å²) in [6.07, 6.45) is 2.83. The maximum atomic E-state index is 13.7. The Morgan fingerprint density at radius 3 is 2.74 bits per heavy atom. The van der Waals surface area contributed by atoms with Crippen molar-refractivity contribution in [2.45, 2.75) is 38.8 Å². The molecule has 0 atom stereocenters. The van der Waals surface area contributed by atoms with Crippen molar-refractivity contribution in [2.24, 2.45) is 0 Å². The summed E-state index contributed by atoms with van der Waals surface area (Å²) in [5, 5.41) is 6.47. The predicted molar refractivity (Wildman–Crippen MR) is 118 cm³/mol. The molecule has 1 aliphatic heterocycles. The molecule has 158 valence electrons. The van der Waals surface area contributed by atoms with Gasteiger partial charge in [0.05, 0.1) is 12.2 Å². The summed E-state index contributed by atoms with van der Waals surface area (Å²) < 4.78 is 13.7. The van der Waals surface area contributed by atoms with E-state index in [-0.39, 0.29) is 11.8 Å². The number of nitrogens with zero attached hydrogens (tertiary/aromatic N) is 3. The zero-order valence-electron chi connectivity index (χ0n) is 17.4. The number of benzene rings is 2. The van der Waals surface area contributed by atoms with Crippen molar-refractivity contribution in [1.29, 1.82) is 0 Å². The highest BCUT2D eigenvalue weighted by Crippen LogP contribution is 2.31. The van der Waals surface area contributed by atoms with Gasteiger partial charge in [0.25, 0.3) is 0 Å². The Hall–Kier alpha value is -3.48. The first kappa shape index (κ1) is 19.5. The zero-order chi connectivity index (χ0) is 21.4. The van der Waals surface area contributed by atoms with Crippen LogP contribution in [-0.2, 0) is 13.0 Å². The average Bonchev–Trinajstić information content (AvgIpc) is 3.57. The molecule has 7 heteroatoms. The fourth-order valence-corrected chi connectivity index (χ4v) is 3.81. The smallest absolute Gasteiger partial charge is 0.322 e. The molecule has 1 aliphatic carbocycles. The standard InChI is InChI=1S/C24H24FN5O/c1-15-4-2-7-19(12-15)27-24(31)30-11-10-21-20(14-30)23(26-18-8-9-18)29-22(28-21)16-5-3-6-17(25)13-16/h2-7,12-13,18H,8-11,14H2,1H3,(H,27,31)(H,26,28,29). The molecule has 2 amide bonds. The molecule has 0 saturated heterocycles. The quantitative estimate of drug-likeness (QED) is 0.642. The van der Waals surface area contributed by atoms with Crippen LogP contribution in [0.25, 0.3) is 11.4 Å². The van der Waals surface area contributed by atoms with E-state index in [2.05, 4.69) is 10.6 Å². The monoisotopic (exact) mass is 417 g/mol. The number of carbonyl (C=O) groups is 1. The van der Waals surface area contributed by atoms with Crippen LogP contribution in [0.3, 0.4) is 0 Å². The maximum Gasteiger partial charge on any atom is 0.322 e. The number of hydrogen-bond donors (Lipinski definition) is 2. The Kier molecular flexibility index (Phi) is 5.02. The Bertz CT molecular complexity index is 1140. The Labute approximate surface area is 180 Å². The van der Waals surface area contributed by atoms with E-state index in [0.717, 1.165) is 41.2 Å². The number of fused-ring (bicyclic) bond motifs is 1. The van der Waals surface area contributed by atoms with E-state index in [0.29, 0.717) is 36.9 Å². The summed E-state index contributed by atoms with van der Waals surface area (Å²) in [4.78, 5) is 24.1. The molecule has 2 N–H and O–H groups in total. The van der Waals surface area contributed by atoms with E-state index in [1.807, 2.05) is 37.3 Å². The molecule has 3 aromatic rings. The van der Waals surface area contributed by atoms with Gasteiger partial charge in [0.2, 0.25) is 0 Å². The summed E-state index contributed by atoms with van der Waals surface area (Å²) in [5.41, 5.74) is 4.39. The van der Waals surface area contributed by atoms with E-state index >= 15 is 0 Å². The van der Waals surface area contributed by atoms with Crippen LogP contribution in [-0.4, -0.2) is 33.5 Å². The minimum absolute atomic E-state index is 0.136. The number of carbonyl (C=O) groups excluding carboxylic acids is 1. The molecular formula is C24H24FN5O. The number of aromatic nitrogens is 2. The van der Waals surface area contributed by atoms with E-state index in [9.17, 15) is 9.18 Å². The van der Waals surface area contributed by atoms with E-state index < -0.39 is 0 Å². The largest absolute Gasteiger partial charge is 0.367 e. The highest BCUT2D eigenvalue weighted by molar-refractivity contribution is 5.89. The third kappa shape index (κ3) is 4.35. The van der Waals surface area contributed by atoms with Gasteiger partial charge < -0.3 is 15.5 Å². The third-order valence-corrected chi connectivity index (χ3v) is 5.62. The molecular weight excluding hydrogens is 393 g/mol. The minimum Gasteiger partial charge on any atom is -0.367 e. The number of rotatable bonds is 4. The molecule has 5 rings (SSSR count). The first-order chi connectivity index (χ1) is 15.0. The Morgan fingerprint density at radius 2 is 1.97 bits per heavy atom. The van der Waals surface area contributed by atoms with Crippen LogP contribution < -0.4 is 10.6 Å². The van der Waals surface area contributed by atoms with Crippen LogP contribution >= 0.6 is 0 Å². The molecule has 2 heterocycles. The molecule has 0 unspecified atom stereocenters. The van der Waals surface area contributed by atoms with E-state index in [4.69, 9.17) is 9.97 Å². The summed E-state index contributed by atoms with van der Waals surface area (Å²) in [7, 11) is 0. The Balaban J connectivity index is 1.42. The molecule has 31 heavy (non-hydrogen) atoms. The van der Waals surface area contributed by atoms with E-state index in [1.54, 1.807) is 11.0 Å². The van der Waals surface area contributed by atoms with Gasteiger partial charge >= 0.3 is 6.03 Å². The molecule has 2 aliphatic rings. The second kappa shape index (κ2) is 7.98. The van der Waals surface area contributed by atoms with Gasteiger partial charge in [0.15, 0.2) is 5.82 Å². The second-order valence-electron chi connectivity index (χ2n) is 8.22. The van der Waals surface area contributed by atoms with Gasteiger partial charge in [-0.15, -0.1) is 0 Å². The number of halogens is 1. The molecule has 0 spiro atoms. The SMILES string of the molecule is Cc1cccc(NC(=O)N2CCc3nc(-c4cccc(F)c4)nc(NC4CC4)c3C2)c1.